The van der Waals surface area contributed by atoms with Crippen LogP contribution in [-0.2, 0) is 4.79 Å². The zero-order valence-electron chi connectivity index (χ0n) is 16.3. The van der Waals surface area contributed by atoms with Gasteiger partial charge in [-0.3, -0.25) is 9.59 Å². The fourth-order valence-electron chi connectivity index (χ4n) is 2.74. The lowest BCUT2D eigenvalue weighted by atomic mass is 10.1. The van der Waals surface area contributed by atoms with Crippen molar-refractivity contribution in [2.45, 2.75) is 11.8 Å². The van der Waals surface area contributed by atoms with E-state index in [-0.39, 0.29) is 17.5 Å². The third-order valence-corrected chi connectivity index (χ3v) is 4.97. The third kappa shape index (κ3) is 5.83. The molecule has 0 saturated heterocycles. The second-order valence-corrected chi connectivity index (χ2v) is 7.35. The Morgan fingerprint density at radius 2 is 1.62 bits per heavy atom. The van der Waals surface area contributed by atoms with Gasteiger partial charge in [-0.25, -0.2) is 0 Å². The number of nitrogens with one attached hydrogen (secondary N) is 2. The van der Waals surface area contributed by atoms with Gasteiger partial charge in [0.1, 0.15) is 5.70 Å². The maximum atomic E-state index is 12.9. The Morgan fingerprint density at radius 1 is 0.897 bits per heavy atom. The summed E-state index contributed by atoms with van der Waals surface area (Å²) in [4.78, 5) is 26.6. The Balaban J connectivity index is 1.86. The summed E-state index contributed by atoms with van der Waals surface area (Å²) in [5.74, 6) is -0.718. The first-order chi connectivity index (χ1) is 14.0. The molecule has 0 aromatic heterocycles. The summed E-state index contributed by atoms with van der Waals surface area (Å²) in [7, 11) is 0. The van der Waals surface area contributed by atoms with E-state index in [2.05, 4.69) is 10.6 Å². The fourth-order valence-corrected chi connectivity index (χ4v) is 3.15. The first-order valence-corrected chi connectivity index (χ1v) is 10.4. The molecule has 0 aliphatic rings. The molecule has 5 heteroatoms. The molecule has 0 heterocycles. The number of carbonyl (C=O) groups is 2. The Morgan fingerprint density at radius 3 is 2.28 bits per heavy atom. The molecule has 0 radical (unpaired) electrons. The second-order valence-electron chi connectivity index (χ2n) is 6.47. The predicted octanol–water partition coefficient (Wildman–Crippen LogP) is 5.13. The van der Waals surface area contributed by atoms with Crippen LogP contribution in [0.3, 0.4) is 0 Å². The van der Waals surface area contributed by atoms with Crippen LogP contribution >= 0.6 is 11.8 Å². The zero-order chi connectivity index (χ0) is 20.6. The Labute approximate surface area is 175 Å². The standard InChI is InChI=1S/C24H22N2O2S/c1-17-7-6-8-18(15-17)16-22(26-23(27)19-9-4-3-5-10-19)24(28)25-20-11-13-21(29-2)14-12-20/h3-16H,1-2H3,(H,25,28)(H,26,27)/b22-16-. The number of hydrogen-bond acceptors (Lipinski definition) is 3. The molecule has 0 unspecified atom stereocenters. The summed E-state index contributed by atoms with van der Waals surface area (Å²) < 4.78 is 0. The van der Waals surface area contributed by atoms with Crippen molar-refractivity contribution < 1.29 is 9.59 Å². The van der Waals surface area contributed by atoms with Gasteiger partial charge in [-0.15, -0.1) is 11.8 Å². The van der Waals surface area contributed by atoms with Crippen molar-refractivity contribution >= 4 is 35.3 Å². The van der Waals surface area contributed by atoms with Crippen molar-refractivity contribution in [1.29, 1.82) is 0 Å². The van der Waals surface area contributed by atoms with Crippen LogP contribution in [0.15, 0.2) is 89.5 Å². The third-order valence-electron chi connectivity index (χ3n) is 4.23. The maximum Gasteiger partial charge on any atom is 0.272 e. The summed E-state index contributed by atoms with van der Waals surface area (Å²) in [6.45, 7) is 1.98. The molecule has 0 atom stereocenters. The van der Waals surface area contributed by atoms with E-state index < -0.39 is 0 Å². The van der Waals surface area contributed by atoms with E-state index in [0.29, 0.717) is 11.3 Å². The largest absolute Gasteiger partial charge is 0.321 e. The van der Waals surface area contributed by atoms with Crippen LogP contribution in [0.25, 0.3) is 6.08 Å². The van der Waals surface area contributed by atoms with E-state index in [1.807, 2.05) is 67.8 Å². The predicted molar refractivity (Wildman–Crippen MR) is 120 cm³/mol. The molecule has 0 spiro atoms. The Bertz CT molecular complexity index is 1030. The minimum atomic E-state index is -0.382. The van der Waals surface area contributed by atoms with Crippen molar-refractivity contribution in [3.05, 3.63) is 101 Å². The van der Waals surface area contributed by atoms with Gasteiger partial charge in [-0.05, 0) is 61.2 Å². The van der Waals surface area contributed by atoms with Gasteiger partial charge in [0, 0.05) is 16.1 Å². The van der Waals surface area contributed by atoms with E-state index >= 15 is 0 Å². The molecular weight excluding hydrogens is 380 g/mol. The normalized spacial score (nSPS) is 11.0. The van der Waals surface area contributed by atoms with Crippen LogP contribution in [0.5, 0.6) is 0 Å². The lowest BCUT2D eigenvalue weighted by Crippen LogP contribution is -2.30. The van der Waals surface area contributed by atoms with Gasteiger partial charge in [0.15, 0.2) is 0 Å². The molecule has 0 aliphatic carbocycles. The lowest BCUT2D eigenvalue weighted by Gasteiger charge is -2.12. The maximum absolute atomic E-state index is 12.9. The molecule has 3 rings (SSSR count). The van der Waals surface area contributed by atoms with Gasteiger partial charge in [-0.2, -0.15) is 0 Å². The van der Waals surface area contributed by atoms with Crippen molar-refractivity contribution in [1.82, 2.24) is 5.32 Å². The number of carbonyl (C=O) groups excluding carboxylic acids is 2. The number of hydrogen-bond donors (Lipinski definition) is 2. The van der Waals surface area contributed by atoms with E-state index in [4.69, 9.17) is 0 Å². The monoisotopic (exact) mass is 402 g/mol. The molecule has 0 bridgehead atoms. The molecule has 4 nitrogen and oxygen atoms in total. The zero-order valence-corrected chi connectivity index (χ0v) is 17.1. The molecule has 3 aromatic rings. The topological polar surface area (TPSA) is 58.2 Å². The van der Waals surface area contributed by atoms with E-state index in [1.165, 1.54) is 0 Å². The fraction of sp³-hybridized carbons (Fsp3) is 0.0833. The number of thioether (sulfide) groups is 1. The number of rotatable bonds is 6. The molecule has 0 saturated carbocycles. The van der Waals surface area contributed by atoms with Crippen molar-refractivity contribution in [3.8, 4) is 0 Å². The van der Waals surface area contributed by atoms with E-state index in [1.54, 1.807) is 42.1 Å². The summed E-state index contributed by atoms with van der Waals surface area (Å²) in [6.07, 6.45) is 3.68. The van der Waals surface area contributed by atoms with Gasteiger partial charge in [-0.1, -0.05) is 48.0 Å². The summed E-state index contributed by atoms with van der Waals surface area (Å²) >= 11 is 1.63. The lowest BCUT2D eigenvalue weighted by molar-refractivity contribution is -0.113. The van der Waals surface area contributed by atoms with Crippen molar-refractivity contribution in [2.75, 3.05) is 11.6 Å². The number of aryl methyl sites for hydroxylation is 1. The first kappa shape index (κ1) is 20.4. The van der Waals surface area contributed by atoms with Crippen LogP contribution in [-0.4, -0.2) is 18.1 Å². The Hall–Kier alpha value is -3.31. The molecule has 0 fully saturated rings. The quantitative estimate of drug-likeness (QED) is 0.444. The minimum absolute atomic E-state index is 0.179. The highest BCUT2D eigenvalue weighted by Crippen LogP contribution is 2.18. The molecular formula is C24H22N2O2S. The highest BCUT2D eigenvalue weighted by Gasteiger charge is 2.15. The van der Waals surface area contributed by atoms with Gasteiger partial charge in [0.05, 0.1) is 0 Å². The van der Waals surface area contributed by atoms with Crippen LogP contribution in [0, 0.1) is 6.92 Å². The highest BCUT2D eigenvalue weighted by molar-refractivity contribution is 7.98. The molecule has 146 valence electrons. The van der Waals surface area contributed by atoms with Gasteiger partial charge < -0.3 is 10.6 Å². The summed E-state index contributed by atoms with van der Waals surface area (Å²) in [5.41, 5.74) is 3.23. The van der Waals surface area contributed by atoms with Gasteiger partial charge in [0.25, 0.3) is 11.8 Å². The molecule has 2 N–H and O–H groups in total. The van der Waals surface area contributed by atoms with E-state index in [0.717, 1.165) is 16.0 Å². The first-order valence-electron chi connectivity index (χ1n) is 9.15. The molecule has 2 amide bonds. The number of amides is 2. The molecule has 3 aromatic carbocycles. The summed E-state index contributed by atoms with van der Waals surface area (Å²) in [6, 6.07) is 24.1. The summed E-state index contributed by atoms with van der Waals surface area (Å²) in [5, 5.41) is 5.60. The smallest absolute Gasteiger partial charge is 0.272 e. The Kier molecular flexibility index (Phi) is 6.87. The SMILES string of the molecule is CSc1ccc(NC(=O)/C(=C/c2cccc(C)c2)NC(=O)c2ccccc2)cc1. The van der Waals surface area contributed by atoms with E-state index in [9.17, 15) is 9.59 Å². The van der Waals surface area contributed by atoms with Crippen molar-refractivity contribution in [2.24, 2.45) is 0 Å². The van der Waals surface area contributed by atoms with Crippen LogP contribution < -0.4 is 10.6 Å². The average Bonchev–Trinajstić information content (AvgIpc) is 2.74. The molecule has 29 heavy (non-hydrogen) atoms. The molecule has 0 aliphatic heterocycles. The van der Waals surface area contributed by atoms with Crippen LogP contribution in [0.2, 0.25) is 0 Å². The average molecular weight is 403 g/mol. The van der Waals surface area contributed by atoms with Crippen LogP contribution in [0.1, 0.15) is 21.5 Å². The number of benzene rings is 3. The van der Waals surface area contributed by atoms with Crippen molar-refractivity contribution in [3.63, 3.8) is 0 Å². The highest BCUT2D eigenvalue weighted by atomic mass is 32.2. The second kappa shape index (κ2) is 9.75. The van der Waals surface area contributed by atoms with Crippen LogP contribution in [0.4, 0.5) is 5.69 Å². The number of anilines is 1. The van der Waals surface area contributed by atoms with Gasteiger partial charge in [0.2, 0.25) is 0 Å². The minimum Gasteiger partial charge on any atom is -0.321 e. The van der Waals surface area contributed by atoms with Gasteiger partial charge >= 0.3 is 0 Å².